The second-order valence-electron chi connectivity index (χ2n) is 9.75. The number of ether oxygens (including phenoxy) is 1. The Morgan fingerprint density at radius 1 is 1.06 bits per heavy atom. The minimum Gasteiger partial charge on any atom is -0.444 e. The number of likely N-dealkylation sites (tertiary alicyclic amines) is 2. The molecule has 2 aromatic heterocycles. The van der Waals surface area contributed by atoms with Crippen molar-refractivity contribution in [1.82, 2.24) is 24.5 Å². The Balaban J connectivity index is 1.34. The molecule has 2 aliphatic rings. The van der Waals surface area contributed by atoms with Gasteiger partial charge in [0.05, 0.1) is 0 Å². The molecule has 0 aromatic carbocycles. The van der Waals surface area contributed by atoms with Gasteiger partial charge in [-0.15, -0.1) is 0 Å². The third-order valence-electron chi connectivity index (χ3n) is 6.18. The van der Waals surface area contributed by atoms with Gasteiger partial charge in [0.2, 0.25) is 5.89 Å². The van der Waals surface area contributed by atoms with Gasteiger partial charge in [0.25, 0.3) is 5.91 Å². The van der Waals surface area contributed by atoms with Gasteiger partial charge in [0.15, 0.2) is 5.82 Å². The first kappa shape index (κ1) is 22.4. The average Bonchev–Trinajstić information content (AvgIpc) is 3.41. The van der Waals surface area contributed by atoms with Crippen molar-refractivity contribution in [3.8, 4) is 0 Å². The zero-order valence-corrected chi connectivity index (χ0v) is 19.4. The highest BCUT2D eigenvalue weighted by Crippen LogP contribution is 2.29. The molecule has 2 aromatic rings. The Morgan fingerprint density at radius 2 is 1.72 bits per heavy atom. The van der Waals surface area contributed by atoms with Gasteiger partial charge in [0.1, 0.15) is 11.3 Å². The summed E-state index contributed by atoms with van der Waals surface area (Å²) in [6, 6.07) is 4.03. The summed E-state index contributed by atoms with van der Waals surface area (Å²) in [5, 5.41) is 3.88. The Bertz CT molecular complexity index is 944. The topological polar surface area (TPSA) is 93.7 Å². The van der Waals surface area contributed by atoms with Crippen molar-refractivity contribution in [2.24, 2.45) is 0 Å². The van der Waals surface area contributed by atoms with Crippen molar-refractivity contribution in [3.63, 3.8) is 0 Å². The second kappa shape index (κ2) is 8.96. The normalized spacial score (nSPS) is 18.8. The van der Waals surface area contributed by atoms with Crippen LogP contribution in [0.15, 0.2) is 22.9 Å². The Labute approximate surface area is 188 Å². The third-order valence-corrected chi connectivity index (χ3v) is 6.18. The molecule has 0 aliphatic carbocycles. The van der Waals surface area contributed by atoms with Crippen molar-refractivity contribution in [2.45, 2.75) is 70.9 Å². The average molecular weight is 444 g/mol. The molecule has 0 N–H and O–H groups in total. The van der Waals surface area contributed by atoms with Crippen LogP contribution in [0.1, 0.15) is 80.6 Å². The van der Waals surface area contributed by atoms with Gasteiger partial charge in [-0.25, -0.2) is 4.79 Å². The number of nitrogens with zero attached hydrogens (tertiary/aromatic N) is 5. The fourth-order valence-corrected chi connectivity index (χ4v) is 4.52. The molecule has 2 saturated heterocycles. The molecule has 2 aliphatic heterocycles. The molecule has 0 unspecified atom stereocenters. The summed E-state index contributed by atoms with van der Waals surface area (Å²) in [5.41, 5.74) is 0.219. The van der Waals surface area contributed by atoms with E-state index in [9.17, 15) is 9.59 Å². The summed E-state index contributed by atoms with van der Waals surface area (Å²) in [5.74, 6) is 1.60. The van der Waals surface area contributed by atoms with Crippen LogP contribution in [0.3, 0.4) is 0 Å². The lowest BCUT2D eigenvalue weighted by atomic mass is 9.96. The first-order valence-electron chi connectivity index (χ1n) is 11.5. The van der Waals surface area contributed by atoms with Crippen molar-refractivity contribution in [1.29, 1.82) is 0 Å². The number of amides is 2. The molecule has 174 valence electrons. The Morgan fingerprint density at radius 3 is 2.31 bits per heavy atom. The van der Waals surface area contributed by atoms with Crippen LogP contribution in [0.4, 0.5) is 4.79 Å². The van der Waals surface area contributed by atoms with E-state index in [4.69, 9.17) is 9.26 Å². The minimum atomic E-state index is -0.496. The monoisotopic (exact) mass is 443 g/mol. The smallest absolute Gasteiger partial charge is 0.410 e. The van der Waals surface area contributed by atoms with Crippen LogP contribution in [0, 0.1) is 6.92 Å². The number of rotatable bonds is 3. The van der Waals surface area contributed by atoms with Crippen LogP contribution in [0.25, 0.3) is 0 Å². The molecule has 0 atom stereocenters. The maximum absolute atomic E-state index is 13.3. The quantitative estimate of drug-likeness (QED) is 0.717. The maximum atomic E-state index is 13.3. The predicted molar refractivity (Wildman–Crippen MR) is 117 cm³/mol. The number of carbonyl (C=O) groups is 2. The fourth-order valence-electron chi connectivity index (χ4n) is 4.52. The zero-order chi connectivity index (χ0) is 22.9. The maximum Gasteiger partial charge on any atom is 0.410 e. The summed E-state index contributed by atoms with van der Waals surface area (Å²) >= 11 is 0. The molecule has 0 radical (unpaired) electrons. The molecule has 4 heterocycles. The molecule has 4 rings (SSSR count). The lowest BCUT2D eigenvalue weighted by molar-refractivity contribution is 0.0186. The van der Waals surface area contributed by atoms with Crippen molar-refractivity contribution in [2.75, 3.05) is 26.2 Å². The van der Waals surface area contributed by atoms with Crippen LogP contribution in [-0.2, 0) is 4.74 Å². The standard InChI is InChI=1S/C23H33N5O4/c1-16-24-20(32-25-16)17-7-12-26(13-8-17)21(29)19-6-5-11-28(19)18-9-14-27(15-10-18)22(30)31-23(2,3)4/h5-6,11,17-18H,7-10,12-15H2,1-4H3. The van der Waals surface area contributed by atoms with E-state index in [1.807, 2.05) is 50.9 Å². The second-order valence-corrected chi connectivity index (χ2v) is 9.75. The van der Waals surface area contributed by atoms with E-state index in [1.54, 1.807) is 4.90 Å². The van der Waals surface area contributed by atoms with Crippen LogP contribution < -0.4 is 0 Å². The predicted octanol–water partition coefficient (Wildman–Crippen LogP) is 3.77. The summed E-state index contributed by atoms with van der Waals surface area (Å²) in [6.45, 7) is 10.0. The van der Waals surface area contributed by atoms with E-state index < -0.39 is 5.60 Å². The van der Waals surface area contributed by atoms with E-state index >= 15 is 0 Å². The number of aryl methyl sites for hydroxylation is 1. The molecule has 0 spiro atoms. The highest BCUT2D eigenvalue weighted by Gasteiger charge is 2.31. The lowest BCUT2D eigenvalue weighted by Crippen LogP contribution is -2.43. The highest BCUT2D eigenvalue weighted by molar-refractivity contribution is 5.93. The van der Waals surface area contributed by atoms with Crippen LogP contribution in [-0.4, -0.2) is 68.3 Å². The minimum absolute atomic E-state index is 0.0599. The third kappa shape index (κ3) is 4.97. The van der Waals surface area contributed by atoms with Crippen molar-refractivity contribution < 1.29 is 18.8 Å². The highest BCUT2D eigenvalue weighted by atomic mass is 16.6. The number of carbonyl (C=O) groups excluding carboxylic acids is 2. The molecule has 32 heavy (non-hydrogen) atoms. The molecule has 9 heteroatoms. The van der Waals surface area contributed by atoms with E-state index in [1.165, 1.54) is 0 Å². The van der Waals surface area contributed by atoms with Gasteiger partial charge < -0.3 is 23.6 Å². The van der Waals surface area contributed by atoms with Gasteiger partial charge in [0, 0.05) is 44.3 Å². The first-order valence-corrected chi connectivity index (χ1v) is 11.5. The summed E-state index contributed by atoms with van der Waals surface area (Å²) in [7, 11) is 0. The Hall–Kier alpha value is -2.84. The Kier molecular flexibility index (Phi) is 6.26. The molecule has 0 saturated carbocycles. The van der Waals surface area contributed by atoms with Crippen molar-refractivity contribution in [3.05, 3.63) is 35.7 Å². The van der Waals surface area contributed by atoms with Gasteiger partial charge in [-0.05, 0) is 65.5 Å². The molecule has 9 nitrogen and oxygen atoms in total. The number of hydrogen-bond acceptors (Lipinski definition) is 6. The number of piperidine rings is 2. The van der Waals surface area contributed by atoms with Crippen LogP contribution in [0.5, 0.6) is 0 Å². The first-order chi connectivity index (χ1) is 15.2. The zero-order valence-electron chi connectivity index (χ0n) is 19.4. The van der Waals surface area contributed by atoms with Gasteiger partial charge in [-0.3, -0.25) is 4.79 Å². The SMILES string of the molecule is Cc1noc(C2CCN(C(=O)c3cccn3C3CCN(C(=O)OC(C)(C)C)CC3)CC2)n1. The number of aromatic nitrogens is 3. The van der Waals surface area contributed by atoms with Crippen LogP contribution in [0.2, 0.25) is 0 Å². The fraction of sp³-hybridized carbons (Fsp3) is 0.652. The number of hydrogen-bond donors (Lipinski definition) is 0. The summed E-state index contributed by atoms with van der Waals surface area (Å²) in [6.07, 6.45) is 4.96. The van der Waals surface area contributed by atoms with Gasteiger partial charge in [-0.1, -0.05) is 5.16 Å². The molecule has 2 amide bonds. The van der Waals surface area contributed by atoms with E-state index in [0.717, 1.165) is 25.7 Å². The molecule has 0 bridgehead atoms. The van der Waals surface area contributed by atoms with Gasteiger partial charge in [-0.2, -0.15) is 4.98 Å². The van der Waals surface area contributed by atoms with Crippen LogP contribution >= 0.6 is 0 Å². The largest absolute Gasteiger partial charge is 0.444 e. The molecule has 2 fully saturated rings. The summed E-state index contributed by atoms with van der Waals surface area (Å²) in [4.78, 5) is 33.6. The lowest BCUT2D eigenvalue weighted by Gasteiger charge is -2.35. The van der Waals surface area contributed by atoms with Gasteiger partial charge >= 0.3 is 6.09 Å². The summed E-state index contributed by atoms with van der Waals surface area (Å²) < 4.78 is 12.9. The molecular weight excluding hydrogens is 410 g/mol. The molecular formula is C23H33N5O4. The van der Waals surface area contributed by atoms with E-state index in [-0.39, 0.29) is 24.0 Å². The van der Waals surface area contributed by atoms with E-state index in [0.29, 0.717) is 43.6 Å². The van der Waals surface area contributed by atoms with Crippen molar-refractivity contribution >= 4 is 12.0 Å². The van der Waals surface area contributed by atoms with E-state index in [2.05, 4.69) is 14.7 Å².